The third-order valence-electron chi connectivity index (χ3n) is 4.72. The van der Waals surface area contributed by atoms with Gasteiger partial charge in [-0.2, -0.15) is 5.10 Å². The van der Waals surface area contributed by atoms with Crippen LogP contribution < -0.4 is 5.32 Å². The van der Waals surface area contributed by atoms with Gasteiger partial charge in [0.2, 0.25) is 5.91 Å². The summed E-state index contributed by atoms with van der Waals surface area (Å²) in [6.07, 6.45) is 1.92. The summed E-state index contributed by atoms with van der Waals surface area (Å²) < 4.78 is 1.81. The number of anilines is 1. The zero-order chi connectivity index (χ0) is 17.2. The lowest BCUT2D eigenvalue weighted by Gasteiger charge is -2.20. The maximum absolute atomic E-state index is 13.0. The number of rotatable bonds is 2. The number of nitrogens with one attached hydrogen (secondary N) is 1. The van der Waals surface area contributed by atoms with E-state index >= 15 is 0 Å². The number of aromatic nitrogens is 2. The molecule has 1 aromatic carbocycles. The number of benzene rings is 1. The lowest BCUT2D eigenvalue weighted by molar-refractivity contribution is -0.117. The summed E-state index contributed by atoms with van der Waals surface area (Å²) in [4.78, 5) is 24.9. The highest BCUT2D eigenvalue weighted by Crippen LogP contribution is 2.42. The SMILES string of the molecule is Cn1nc2c(c1C(C)(C)C)C(=O)c1cc(NC(=O)C3CC3)ccc1-2. The molecular formula is C19H21N3O2. The van der Waals surface area contributed by atoms with Crippen LogP contribution in [0.15, 0.2) is 18.2 Å². The number of carbonyl (C=O) groups excluding carboxylic acids is 2. The molecule has 4 rings (SSSR count). The van der Waals surface area contributed by atoms with Crippen LogP contribution in [0.2, 0.25) is 0 Å². The van der Waals surface area contributed by atoms with Crippen LogP contribution in [0, 0.1) is 5.92 Å². The van der Waals surface area contributed by atoms with Crippen LogP contribution in [-0.4, -0.2) is 21.5 Å². The maximum Gasteiger partial charge on any atom is 0.227 e. The van der Waals surface area contributed by atoms with Gasteiger partial charge in [0.15, 0.2) is 5.78 Å². The average Bonchev–Trinajstić information content (AvgIpc) is 3.23. The van der Waals surface area contributed by atoms with Gasteiger partial charge >= 0.3 is 0 Å². The van der Waals surface area contributed by atoms with Crippen LogP contribution in [0.1, 0.15) is 55.2 Å². The van der Waals surface area contributed by atoms with Crippen LogP contribution in [-0.2, 0) is 17.3 Å². The summed E-state index contributed by atoms with van der Waals surface area (Å²) in [5, 5.41) is 7.50. The summed E-state index contributed by atoms with van der Waals surface area (Å²) in [5.41, 5.74) is 4.40. The molecule has 1 amide bonds. The van der Waals surface area contributed by atoms with Gasteiger partial charge in [0.25, 0.3) is 0 Å². The fourth-order valence-corrected chi connectivity index (χ4v) is 3.53. The predicted octanol–water partition coefficient (Wildman–Crippen LogP) is 3.28. The van der Waals surface area contributed by atoms with Crippen molar-refractivity contribution in [2.24, 2.45) is 13.0 Å². The van der Waals surface area contributed by atoms with E-state index in [2.05, 4.69) is 31.2 Å². The molecular weight excluding hydrogens is 302 g/mol. The number of hydrogen-bond acceptors (Lipinski definition) is 3. The van der Waals surface area contributed by atoms with Crippen molar-refractivity contribution in [1.29, 1.82) is 0 Å². The largest absolute Gasteiger partial charge is 0.326 e. The smallest absolute Gasteiger partial charge is 0.227 e. The van der Waals surface area contributed by atoms with Crippen LogP contribution >= 0.6 is 0 Å². The minimum Gasteiger partial charge on any atom is -0.326 e. The highest BCUT2D eigenvalue weighted by molar-refractivity contribution is 6.22. The van der Waals surface area contributed by atoms with E-state index in [0.717, 1.165) is 29.8 Å². The number of hydrogen-bond donors (Lipinski definition) is 1. The van der Waals surface area contributed by atoms with Crippen molar-refractivity contribution in [3.63, 3.8) is 0 Å². The first kappa shape index (κ1) is 15.1. The van der Waals surface area contributed by atoms with Crippen molar-refractivity contribution in [2.45, 2.75) is 39.0 Å². The molecule has 1 fully saturated rings. The standard InChI is InChI=1S/C19H21N3O2/c1-19(2,3)17-14-15(21-22(17)4)12-8-7-11(9-13(12)16(14)23)20-18(24)10-5-6-10/h7-10H,5-6H2,1-4H3,(H,20,24). The number of ketones is 1. The first-order valence-corrected chi connectivity index (χ1v) is 8.35. The Balaban J connectivity index is 1.76. The Bertz CT molecular complexity index is 883. The molecule has 2 aliphatic rings. The minimum absolute atomic E-state index is 0.000505. The van der Waals surface area contributed by atoms with E-state index in [1.165, 1.54) is 0 Å². The molecule has 2 aromatic rings. The van der Waals surface area contributed by atoms with Gasteiger partial charge in [-0.05, 0) is 31.0 Å². The Morgan fingerprint density at radius 1 is 1.25 bits per heavy atom. The van der Waals surface area contributed by atoms with E-state index in [-0.39, 0.29) is 23.0 Å². The number of nitrogens with zero attached hydrogens (tertiary/aromatic N) is 2. The van der Waals surface area contributed by atoms with E-state index < -0.39 is 0 Å². The Hall–Kier alpha value is -2.43. The van der Waals surface area contributed by atoms with Crippen LogP contribution in [0.5, 0.6) is 0 Å². The van der Waals surface area contributed by atoms with Gasteiger partial charge in [0.05, 0.1) is 11.3 Å². The molecule has 0 spiro atoms. The third kappa shape index (κ3) is 2.19. The topological polar surface area (TPSA) is 64.0 Å². The normalized spacial score (nSPS) is 16.1. The molecule has 0 saturated heterocycles. The van der Waals surface area contributed by atoms with Crippen LogP contribution in [0.25, 0.3) is 11.3 Å². The molecule has 1 N–H and O–H groups in total. The fourth-order valence-electron chi connectivity index (χ4n) is 3.53. The van der Waals surface area contributed by atoms with Gasteiger partial charge in [-0.15, -0.1) is 0 Å². The van der Waals surface area contributed by atoms with Crippen LogP contribution in [0.4, 0.5) is 5.69 Å². The molecule has 1 heterocycles. The van der Waals surface area contributed by atoms with Crippen LogP contribution in [0.3, 0.4) is 0 Å². The number of fused-ring (bicyclic) bond motifs is 3. The van der Waals surface area contributed by atoms with E-state index in [1.807, 2.05) is 23.9 Å². The number of aryl methyl sites for hydroxylation is 1. The fraction of sp³-hybridized carbons (Fsp3) is 0.421. The van der Waals surface area contributed by atoms with Gasteiger partial charge in [-0.1, -0.05) is 20.8 Å². The summed E-state index contributed by atoms with van der Waals surface area (Å²) in [6, 6.07) is 5.53. The Morgan fingerprint density at radius 2 is 1.96 bits per heavy atom. The molecule has 5 heteroatoms. The van der Waals surface area contributed by atoms with Crippen molar-refractivity contribution < 1.29 is 9.59 Å². The molecule has 5 nitrogen and oxygen atoms in total. The summed E-state index contributed by atoms with van der Waals surface area (Å²) >= 11 is 0. The number of amides is 1. The summed E-state index contributed by atoms with van der Waals surface area (Å²) in [5.74, 6) is 0.189. The first-order chi connectivity index (χ1) is 11.3. The molecule has 0 atom stereocenters. The highest BCUT2D eigenvalue weighted by atomic mass is 16.2. The van der Waals surface area contributed by atoms with E-state index in [9.17, 15) is 9.59 Å². The molecule has 124 valence electrons. The molecule has 0 aliphatic heterocycles. The second-order valence-corrected chi connectivity index (χ2v) is 7.80. The van der Waals surface area contributed by atoms with Gasteiger partial charge in [-0.25, -0.2) is 0 Å². The quantitative estimate of drug-likeness (QED) is 0.787. The second kappa shape index (κ2) is 4.79. The lowest BCUT2D eigenvalue weighted by Crippen LogP contribution is -2.20. The van der Waals surface area contributed by atoms with Gasteiger partial charge in [-0.3, -0.25) is 14.3 Å². The zero-order valence-corrected chi connectivity index (χ0v) is 14.4. The lowest BCUT2D eigenvalue weighted by atomic mass is 9.88. The van der Waals surface area contributed by atoms with E-state index in [0.29, 0.717) is 16.8 Å². The van der Waals surface area contributed by atoms with Crippen molar-refractivity contribution in [2.75, 3.05) is 5.32 Å². The monoisotopic (exact) mass is 323 g/mol. The molecule has 1 saturated carbocycles. The van der Waals surface area contributed by atoms with Crippen molar-refractivity contribution in [1.82, 2.24) is 9.78 Å². The van der Waals surface area contributed by atoms with Crippen molar-refractivity contribution in [3.8, 4) is 11.3 Å². The van der Waals surface area contributed by atoms with E-state index in [4.69, 9.17) is 0 Å². The second-order valence-electron chi connectivity index (χ2n) is 7.80. The minimum atomic E-state index is -0.171. The Morgan fingerprint density at radius 3 is 2.58 bits per heavy atom. The van der Waals surface area contributed by atoms with Gasteiger partial charge < -0.3 is 5.32 Å². The van der Waals surface area contributed by atoms with E-state index in [1.54, 1.807) is 6.07 Å². The first-order valence-electron chi connectivity index (χ1n) is 8.35. The summed E-state index contributed by atoms with van der Waals surface area (Å²) in [6.45, 7) is 6.26. The third-order valence-corrected chi connectivity index (χ3v) is 4.72. The molecule has 1 aromatic heterocycles. The highest BCUT2D eigenvalue weighted by Gasteiger charge is 2.37. The van der Waals surface area contributed by atoms with Gasteiger partial charge in [0, 0.05) is 35.2 Å². The Labute approximate surface area is 141 Å². The molecule has 24 heavy (non-hydrogen) atoms. The molecule has 0 radical (unpaired) electrons. The zero-order valence-electron chi connectivity index (χ0n) is 14.4. The number of carbonyl (C=O) groups is 2. The molecule has 0 unspecified atom stereocenters. The van der Waals surface area contributed by atoms with Crippen molar-refractivity contribution in [3.05, 3.63) is 35.0 Å². The van der Waals surface area contributed by atoms with Gasteiger partial charge in [0.1, 0.15) is 5.69 Å². The average molecular weight is 323 g/mol. The molecule has 0 bridgehead atoms. The summed E-state index contributed by atoms with van der Waals surface area (Å²) in [7, 11) is 1.89. The maximum atomic E-state index is 13.0. The Kier molecular flexibility index (Phi) is 3.02. The van der Waals surface area contributed by atoms with Crippen molar-refractivity contribution >= 4 is 17.4 Å². The predicted molar refractivity (Wildman–Crippen MR) is 92.1 cm³/mol. The molecule has 2 aliphatic carbocycles.